The molecule has 1 saturated heterocycles. The van der Waals surface area contributed by atoms with E-state index < -0.39 is 0 Å². The van der Waals surface area contributed by atoms with Crippen molar-refractivity contribution in [2.45, 2.75) is 26.2 Å². The number of fused-ring (bicyclic) bond motifs is 1. The Balaban J connectivity index is 1.94. The lowest BCUT2D eigenvalue weighted by atomic mass is 10.0. The lowest BCUT2D eigenvalue weighted by molar-refractivity contribution is 0.574. The summed E-state index contributed by atoms with van der Waals surface area (Å²) < 4.78 is 0. The molecule has 0 radical (unpaired) electrons. The van der Waals surface area contributed by atoms with Gasteiger partial charge in [0.2, 0.25) is 0 Å². The molecule has 4 rings (SSSR count). The standard InChI is InChI=1S/C18H19N3S/c1-13-15(14-8-4-2-5-9-14)16-17(19-12-20-18(16)22-13)21-10-6-3-7-11-21/h2,4-5,8-9,12H,3,6-7,10-11H2,1H3. The number of nitrogens with zero attached hydrogens (tertiary/aromatic N) is 3. The summed E-state index contributed by atoms with van der Waals surface area (Å²) in [7, 11) is 0. The average molecular weight is 309 g/mol. The molecule has 0 spiro atoms. The van der Waals surface area contributed by atoms with Gasteiger partial charge in [0.15, 0.2) is 0 Å². The van der Waals surface area contributed by atoms with E-state index in [0.717, 1.165) is 23.7 Å². The van der Waals surface area contributed by atoms with Crippen molar-refractivity contribution in [3.63, 3.8) is 0 Å². The third kappa shape index (κ3) is 2.28. The van der Waals surface area contributed by atoms with Crippen molar-refractivity contribution in [3.05, 3.63) is 41.5 Å². The topological polar surface area (TPSA) is 29.0 Å². The molecule has 0 atom stereocenters. The van der Waals surface area contributed by atoms with Crippen molar-refractivity contribution >= 4 is 27.4 Å². The minimum atomic E-state index is 1.10. The highest BCUT2D eigenvalue weighted by molar-refractivity contribution is 7.19. The van der Waals surface area contributed by atoms with Gasteiger partial charge < -0.3 is 4.90 Å². The molecule has 4 heteroatoms. The van der Waals surface area contributed by atoms with Crippen LogP contribution in [-0.4, -0.2) is 23.1 Å². The van der Waals surface area contributed by atoms with E-state index in [9.17, 15) is 0 Å². The number of thiophene rings is 1. The molecule has 1 aliphatic heterocycles. The number of hydrogen-bond donors (Lipinski definition) is 0. The highest BCUT2D eigenvalue weighted by atomic mass is 32.1. The molecule has 22 heavy (non-hydrogen) atoms. The van der Waals surface area contributed by atoms with Crippen molar-refractivity contribution in [3.8, 4) is 11.1 Å². The Bertz CT molecular complexity index is 789. The van der Waals surface area contributed by atoms with Crippen molar-refractivity contribution in [1.29, 1.82) is 0 Å². The number of piperidine rings is 1. The van der Waals surface area contributed by atoms with E-state index in [4.69, 9.17) is 0 Å². The molecule has 0 unspecified atom stereocenters. The monoisotopic (exact) mass is 309 g/mol. The van der Waals surface area contributed by atoms with Crippen LogP contribution >= 0.6 is 11.3 Å². The number of aryl methyl sites for hydroxylation is 1. The molecule has 3 aromatic rings. The molecule has 1 aromatic carbocycles. The molecular weight excluding hydrogens is 290 g/mol. The smallest absolute Gasteiger partial charge is 0.141 e. The molecule has 3 nitrogen and oxygen atoms in total. The van der Waals surface area contributed by atoms with Crippen LogP contribution in [0.15, 0.2) is 36.7 Å². The number of benzene rings is 1. The molecule has 0 aliphatic carbocycles. The van der Waals surface area contributed by atoms with E-state index in [2.05, 4.69) is 52.1 Å². The lowest BCUT2D eigenvalue weighted by Crippen LogP contribution is -2.30. The summed E-state index contributed by atoms with van der Waals surface area (Å²) in [6.45, 7) is 4.40. The van der Waals surface area contributed by atoms with Gasteiger partial charge in [0.25, 0.3) is 0 Å². The fourth-order valence-electron chi connectivity index (χ4n) is 3.33. The Hall–Kier alpha value is -1.94. The normalized spacial score (nSPS) is 15.4. The number of rotatable bonds is 2. The van der Waals surface area contributed by atoms with Crippen LogP contribution in [-0.2, 0) is 0 Å². The Morgan fingerprint density at radius 3 is 2.55 bits per heavy atom. The van der Waals surface area contributed by atoms with Gasteiger partial charge in [0, 0.05) is 23.5 Å². The largest absolute Gasteiger partial charge is 0.356 e. The minimum Gasteiger partial charge on any atom is -0.356 e. The van der Waals surface area contributed by atoms with Crippen LogP contribution in [0.3, 0.4) is 0 Å². The number of hydrogen-bond acceptors (Lipinski definition) is 4. The van der Waals surface area contributed by atoms with Gasteiger partial charge in [0.1, 0.15) is 17.0 Å². The Morgan fingerprint density at radius 1 is 1.00 bits per heavy atom. The second kappa shape index (κ2) is 5.69. The molecule has 3 heterocycles. The Morgan fingerprint density at radius 2 is 1.77 bits per heavy atom. The summed E-state index contributed by atoms with van der Waals surface area (Å²) in [5.74, 6) is 1.12. The zero-order chi connectivity index (χ0) is 14.9. The third-order valence-corrected chi connectivity index (χ3v) is 5.38. The van der Waals surface area contributed by atoms with Crippen molar-refractivity contribution < 1.29 is 0 Å². The Kier molecular flexibility index (Phi) is 3.54. The molecule has 1 fully saturated rings. The fraction of sp³-hybridized carbons (Fsp3) is 0.333. The second-order valence-electron chi connectivity index (χ2n) is 5.82. The number of aromatic nitrogens is 2. The van der Waals surface area contributed by atoms with Gasteiger partial charge in [-0.1, -0.05) is 30.3 Å². The van der Waals surface area contributed by atoms with E-state index >= 15 is 0 Å². The second-order valence-corrected chi connectivity index (χ2v) is 7.03. The van der Waals surface area contributed by atoms with E-state index in [1.165, 1.54) is 40.7 Å². The summed E-state index contributed by atoms with van der Waals surface area (Å²) in [6.07, 6.45) is 5.57. The van der Waals surface area contributed by atoms with Crippen LogP contribution in [0.5, 0.6) is 0 Å². The molecule has 0 bridgehead atoms. The van der Waals surface area contributed by atoms with E-state index in [-0.39, 0.29) is 0 Å². The van der Waals surface area contributed by atoms with E-state index in [1.807, 2.05) is 0 Å². The first-order valence-electron chi connectivity index (χ1n) is 7.89. The predicted octanol–water partition coefficient (Wildman–Crippen LogP) is 4.66. The minimum absolute atomic E-state index is 1.10. The summed E-state index contributed by atoms with van der Waals surface area (Å²) in [4.78, 5) is 14.0. The molecule has 0 N–H and O–H groups in total. The molecule has 2 aromatic heterocycles. The first kappa shape index (κ1) is 13.7. The van der Waals surface area contributed by atoms with Gasteiger partial charge in [-0.25, -0.2) is 9.97 Å². The molecule has 1 aliphatic rings. The third-order valence-electron chi connectivity index (χ3n) is 4.36. The summed E-state index contributed by atoms with van der Waals surface area (Å²) in [5, 5.41) is 1.23. The quantitative estimate of drug-likeness (QED) is 0.689. The zero-order valence-corrected chi connectivity index (χ0v) is 13.6. The van der Waals surface area contributed by atoms with Gasteiger partial charge in [-0.05, 0) is 31.7 Å². The highest BCUT2D eigenvalue weighted by Gasteiger charge is 2.21. The lowest BCUT2D eigenvalue weighted by Gasteiger charge is -2.28. The maximum atomic E-state index is 4.65. The van der Waals surface area contributed by atoms with Crippen molar-refractivity contribution in [2.24, 2.45) is 0 Å². The fourth-order valence-corrected chi connectivity index (χ4v) is 4.33. The van der Waals surface area contributed by atoms with Crippen LogP contribution in [0.1, 0.15) is 24.1 Å². The van der Waals surface area contributed by atoms with Crippen LogP contribution < -0.4 is 4.90 Å². The van der Waals surface area contributed by atoms with E-state index in [1.54, 1.807) is 17.7 Å². The van der Waals surface area contributed by atoms with Crippen LogP contribution in [0.4, 0.5) is 5.82 Å². The molecule has 0 amide bonds. The van der Waals surface area contributed by atoms with Crippen molar-refractivity contribution in [1.82, 2.24) is 9.97 Å². The van der Waals surface area contributed by atoms with Gasteiger partial charge in [-0.3, -0.25) is 0 Å². The maximum absolute atomic E-state index is 4.65. The molecule has 112 valence electrons. The molecule has 0 saturated carbocycles. The van der Waals surface area contributed by atoms with Crippen LogP contribution in [0.25, 0.3) is 21.3 Å². The van der Waals surface area contributed by atoms with Gasteiger partial charge in [-0.15, -0.1) is 11.3 Å². The summed E-state index contributed by atoms with van der Waals surface area (Å²) in [6, 6.07) is 10.6. The Labute approximate surface area is 134 Å². The summed E-state index contributed by atoms with van der Waals surface area (Å²) in [5.41, 5.74) is 2.57. The van der Waals surface area contributed by atoms with Crippen LogP contribution in [0, 0.1) is 6.92 Å². The van der Waals surface area contributed by atoms with Gasteiger partial charge >= 0.3 is 0 Å². The molecular formula is C18H19N3S. The SMILES string of the molecule is Cc1sc2ncnc(N3CCCCC3)c2c1-c1ccccc1. The zero-order valence-electron chi connectivity index (χ0n) is 12.7. The van der Waals surface area contributed by atoms with Gasteiger partial charge in [0.05, 0.1) is 5.39 Å². The van der Waals surface area contributed by atoms with Crippen LogP contribution in [0.2, 0.25) is 0 Å². The van der Waals surface area contributed by atoms with E-state index in [0.29, 0.717) is 0 Å². The first-order valence-corrected chi connectivity index (χ1v) is 8.71. The predicted molar refractivity (Wildman–Crippen MR) is 93.7 cm³/mol. The average Bonchev–Trinajstić information content (AvgIpc) is 2.92. The van der Waals surface area contributed by atoms with Crippen molar-refractivity contribution in [2.75, 3.05) is 18.0 Å². The first-order chi connectivity index (χ1) is 10.8. The van der Waals surface area contributed by atoms with Gasteiger partial charge in [-0.2, -0.15) is 0 Å². The number of anilines is 1. The maximum Gasteiger partial charge on any atom is 0.141 e. The summed E-state index contributed by atoms with van der Waals surface area (Å²) >= 11 is 1.77. The highest BCUT2D eigenvalue weighted by Crippen LogP contribution is 2.41.